The maximum Gasteiger partial charge on any atom is 0.347 e. The van der Waals surface area contributed by atoms with Crippen LogP contribution in [-0.2, 0) is 10.0 Å². The zero-order valence-electron chi connectivity index (χ0n) is 10.8. The number of thiophene rings is 1. The van der Waals surface area contributed by atoms with Gasteiger partial charge in [-0.2, -0.15) is 0 Å². The van der Waals surface area contributed by atoms with E-state index in [-0.39, 0.29) is 15.8 Å². The fraction of sp³-hybridized carbons (Fsp3) is 0.583. The molecule has 1 unspecified atom stereocenters. The summed E-state index contributed by atoms with van der Waals surface area (Å²) in [5.41, 5.74) is 0. The lowest BCUT2D eigenvalue weighted by atomic mass is 9.85. The van der Waals surface area contributed by atoms with E-state index < -0.39 is 16.0 Å². The summed E-state index contributed by atoms with van der Waals surface area (Å²) in [7, 11) is -3.76. The molecule has 3 aliphatic rings. The molecule has 0 aliphatic carbocycles. The molecule has 4 rings (SSSR count). The summed E-state index contributed by atoms with van der Waals surface area (Å²) in [6.45, 7) is 2.78. The Balaban J connectivity index is 1.82. The molecule has 4 heterocycles. The molecule has 3 aliphatic heterocycles. The van der Waals surface area contributed by atoms with Crippen LogP contribution in [0, 0.1) is 5.92 Å². The second kappa shape index (κ2) is 5.10. The van der Waals surface area contributed by atoms with Gasteiger partial charge < -0.3 is 10.0 Å². The van der Waals surface area contributed by atoms with Crippen LogP contribution in [0.4, 0.5) is 0 Å². The van der Waals surface area contributed by atoms with E-state index in [4.69, 9.17) is 5.11 Å². The minimum atomic E-state index is -3.76. The van der Waals surface area contributed by atoms with Gasteiger partial charge in [-0.3, -0.25) is 0 Å². The van der Waals surface area contributed by atoms with Crippen molar-refractivity contribution in [1.82, 2.24) is 9.62 Å². The first-order valence-corrected chi connectivity index (χ1v) is 8.89. The van der Waals surface area contributed by atoms with E-state index in [0.29, 0.717) is 5.92 Å². The molecule has 3 saturated heterocycles. The van der Waals surface area contributed by atoms with Crippen LogP contribution >= 0.6 is 11.3 Å². The highest BCUT2D eigenvalue weighted by atomic mass is 32.2. The van der Waals surface area contributed by atoms with Crippen molar-refractivity contribution in [3.05, 3.63) is 16.3 Å². The molecule has 0 saturated carbocycles. The van der Waals surface area contributed by atoms with E-state index in [1.807, 2.05) is 0 Å². The number of carbonyl (C=O) groups is 1. The van der Waals surface area contributed by atoms with Crippen LogP contribution in [0.3, 0.4) is 0 Å². The highest BCUT2D eigenvalue weighted by Gasteiger charge is 2.37. The molecule has 2 bridgehead atoms. The van der Waals surface area contributed by atoms with Crippen molar-refractivity contribution in [2.45, 2.75) is 23.8 Å². The normalized spacial score (nSPS) is 29.5. The van der Waals surface area contributed by atoms with Crippen LogP contribution in [0.5, 0.6) is 0 Å². The number of carboxylic acid groups (broad SMARTS) is 1. The van der Waals surface area contributed by atoms with Crippen LogP contribution in [-0.4, -0.2) is 50.1 Å². The Morgan fingerprint density at radius 2 is 2.10 bits per heavy atom. The lowest BCUT2D eigenvalue weighted by Gasteiger charge is -2.44. The topological polar surface area (TPSA) is 86.7 Å². The molecule has 1 atom stereocenters. The van der Waals surface area contributed by atoms with Crippen LogP contribution < -0.4 is 4.72 Å². The minimum absolute atomic E-state index is 0.107. The zero-order valence-corrected chi connectivity index (χ0v) is 12.4. The summed E-state index contributed by atoms with van der Waals surface area (Å²) >= 11 is 0.933. The predicted molar refractivity (Wildman–Crippen MR) is 74.6 cm³/mol. The first-order chi connectivity index (χ1) is 9.47. The molecule has 20 heavy (non-hydrogen) atoms. The van der Waals surface area contributed by atoms with Gasteiger partial charge in [0.05, 0.1) is 0 Å². The lowest BCUT2D eigenvalue weighted by molar-refractivity contribution is 0.0698. The van der Waals surface area contributed by atoms with Gasteiger partial charge in [0.1, 0.15) is 9.77 Å². The third-order valence-corrected chi connectivity index (χ3v) is 6.64. The van der Waals surface area contributed by atoms with Crippen LogP contribution in [0.15, 0.2) is 16.3 Å². The van der Waals surface area contributed by atoms with E-state index in [9.17, 15) is 13.2 Å². The van der Waals surface area contributed by atoms with Gasteiger partial charge >= 0.3 is 5.97 Å². The van der Waals surface area contributed by atoms with Gasteiger partial charge in [-0.1, -0.05) is 0 Å². The Hall–Kier alpha value is -0.960. The summed E-state index contributed by atoms with van der Waals surface area (Å²) in [5, 5.41) is 10.5. The fourth-order valence-corrected chi connectivity index (χ4v) is 5.58. The van der Waals surface area contributed by atoms with Gasteiger partial charge in [0, 0.05) is 12.6 Å². The third kappa shape index (κ3) is 2.48. The molecule has 0 aromatic carbocycles. The largest absolute Gasteiger partial charge is 0.477 e. The quantitative estimate of drug-likeness (QED) is 0.859. The van der Waals surface area contributed by atoms with Crippen LogP contribution in [0.1, 0.15) is 22.5 Å². The van der Waals surface area contributed by atoms with Gasteiger partial charge in [0.2, 0.25) is 10.0 Å². The number of fused-ring (bicyclic) bond motifs is 3. The third-order valence-electron chi connectivity index (χ3n) is 4.08. The second-order valence-electron chi connectivity index (χ2n) is 5.28. The molecule has 1 aromatic heterocycles. The van der Waals surface area contributed by atoms with E-state index in [2.05, 4.69) is 9.62 Å². The molecule has 0 amide bonds. The number of sulfonamides is 1. The SMILES string of the molecule is O=C(O)c1sccc1S(=O)(=O)NC1CN2CCC1CC2. The van der Waals surface area contributed by atoms with E-state index in [1.54, 1.807) is 0 Å². The summed E-state index contributed by atoms with van der Waals surface area (Å²) < 4.78 is 27.5. The number of aromatic carboxylic acids is 1. The molecule has 6 nitrogen and oxygen atoms in total. The maximum atomic E-state index is 12.4. The molecule has 0 spiro atoms. The van der Waals surface area contributed by atoms with Crippen molar-refractivity contribution >= 4 is 27.3 Å². The summed E-state index contributed by atoms with van der Waals surface area (Å²) in [4.78, 5) is 13.1. The van der Waals surface area contributed by atoms with E-state index >= 15 is 0 Å². The Kier molecular flexibility index (Phi) is 3.57. The van der Waals surface area contributed by atoms with Crippen LogP contribution in [0.25, 0.3) is 0 Å². The average Bonchev–Trinajstić information content (AvgIpc) is 2.89. The summed E-state index contributed by atoms with van der Waals surface area (Å²) in [6, 6.07) is 1.25. The number of nitrogens with zero attached hydrogens (tertiary/aromatic N) is 1. The molecular formula is C12H16N2O4S2. The van der Waals surface area contributed by atoms with Gasteiger partial charge in [-0.05, 0) is 43.3 Å². The lowest BCUT2D eigenvalue weighted by Crippen LogP contribution is -2.57. The minimum Gasteiger partial charge on any atom is -0.477 e. The zero-order chi connectivity index (χ0) is 14.3. The van der Waals surface area contributed by atoms with Crippen molar-refractivity contribution in [2.75, 3.05) is 19.6 Å². The summed E-state index contributed by atoms with van der Waals surface area (Å²) in [6.07, 6.45) is 2.01. The number of piperidine rings is 3. The van der Waals surface area contributed by atoms with Crippen molar-refractivity contribution < 1.29 is 18.3 Å². The number of nitrogens with one attached hydrogen (secondary N) is 1. The average molecular weight is 316 g/mol. The van der Waals surface area contributed by atoms with Crippen molar-refractivity contribution in [2.24, 2.45) is 5.92 Å². The Morgan fingerprint density at radius 3 is 2.65 bits per heavy atom. The molecule has 0 radical (unpaired) electrons. The van der Waals surface area contributed by atoms with Gasteiger partial charge in [-0.15, -0.1) is 11.3 Å². The molecule has 110 valence electrons. The van der Waals surface area contributed by atoms with Gasteiger partial charge in [0.25, 0.3) is 0 Å². The van der Waals surface area contributed by atoms with Gasteiger partial charge in [-0.25, -0.2) is 17.9 Å². The Labute approximate surface area is 121 Å². The Bertz CT molecular complexity index is 617. The highest BCUT2D eigenvalue weighted by molar-refractivity contribution is 7.89. The first-order valence-electron chi connectivity index (χ1n) is 6.53. The molecule has 2 N–H and O–H groups in total. The monoisotopic (exact) mass is 316 g/mol. The van der Waals surface area contributed by atoms with Crippen LogP contribution in [0.2, 0.25) is 0 Å². The summed E-state index contributed by atoms with van der Waals surface area (Å²) in [5.74, 6) is -0.837. The maximum absolute atomic E-state index is 12.4. The molecule has 8 heteroatoms. The van der Waals surface area contributed by atoms with E-state index in [0.717, 1.165) is 43.8 Å². The number of hydrogen-bond donors (Lipinski definition) is 2. The highest BCUT2D eigenvalue weighted by Crippen LogP contribution is 2.29. The number of hydrogen-bond acceptors (Lipinski definition) is 5. The first kappa shape index (κ1) is 14.0. The number of carboxylic acids is 1. The number of rotatable bonds is 4. The van der Waals surface area contributed by atoms with Crippen molar-refractivity contribution in [3.8, 4) is 0 Å². The predicted octanol–water partition coefficient (Wildman–Crippen LogP) is 0.819. The standard InChI is InChI=1S/C12H16N2O4S2/c15-12(16)11-10(3-6-19-11)20(17,18)13-9-7-14-4-1-8(9)2-5-14/h3,6,8-9,13H,1-2,4-5,7H2,(H,15,16). The molecule has 1 aromatic rings. The fourth-order valence-electron chi connectivity index (χ4n) is 3.03. The van der Waals surface area contributed by atoms with Gasteiger partial charge in [0.15, 0.2) is 0 Å². The van der Waals surface area contributed by atoms with Crippen molar-refractivity contribution in [3.63, 3.8) is 0 Å². The van der Waals surface area contributed by atoms with E-state index in [1.165, 1.54) is 11.4 Å². The smallest absolute Gasteiger partial charge is 0.347 e. The molecular weight excluding hydrogens is 300 g/mol. The van der Waals surface area contributed by atoms with Crippen molar-refractivity contribution in [1.29, 1.82) is 0 Å². The Morgan fingerprint density at radius 1 is 1.40 bits per heavy atom. The second-order valence-corrected chi connectivity index (χ2v) is 7.88. The molecule has 3 fully saturated rings.